The van der Waals surface area contributed by atoms with E-state index in [-0.39, 0.29) is 34.1 Å². The van der Waals surface area contributed by atoms with Crippen molar-refractivity contribution in [3.63, 3.8) is 0 Å². The van der Waals surface area contributed by atoms with Crippen LogP contribution in [0.5, 0.6) is 0 Å². The van der Waals surface area contributed by atoms with Gasteiger partial charge in [0.25, 0.3) is 0 Å². The number of sulfone groups is 1. The minimum absolute atomic E-state index is 0.102. The highest BCUT2D eigenvalue weighted by Gasteiger charge is 2.22. The highest BCUT2D eigenvalue weighted by molar-refractivity contribution is 8.00. The highest BCUT2D eigenvalue weighted by Crippen LogP contribution is 2.36. The molecule has 1 aliphatic rings. The van der Waals surface area contributed by atoms with Crippen molar-refractivity contribution in [2.24, 2.45) is 0 Å². The fourth-order valence-electron chi connectivity index (χ4n) is 2.91. The van der Waals surface area contributed by atoms with Gasteiger partial charge >= 0.3 is 0 Å². The Morgan fingerprint density at radius 1 is 1.25 bits per heavy atom. The van der Waals surface area contributed by atoms with Crippen LogP contribution in [0.25, 0.3) is 0 Å². The number of hydrogen-bond donors (Lipinski definition) is 2. The number of aryl methyl sites for hydroxylation is 1. The molecule has 1 heterocycles. The van der Waals surface area contributed by atoms with E-state index in [0.717, 1.165) is 10.5 Å². The van der Waals surface area contributed by atoms with Gasteiger partial charge in [-0.1, -0.05) is 19.1 Å². The van der Waals surface area contributed by atoms with Crippen LogP contribution in [0.1, 0.15) is 25.3 Å². The number of nitrogens with one attached hydrogen (secondary N) is 2. The molecule has 0 bridgehead atoms. The predicted molar refractivity (Wildman–Crippen MR) is 111 cm³/mol. The summed E-state index contributed by atoms with van der Waals surface area (Å²) in [6.45, 7) is 3.87. The summed E-state index contributed by atoms with van der Waals surface area (Å²) in [5.41, 5.74) is 2.15. The third kappa shape index (κ3) is 5.14. The van der Waals surface area contributed by atoms with Gasteiger partial charge in [0.2, 0.25) is 11.8 Å². The van der Waals surface area contributed by atoms with Crippen LogP contribution in [0.3, 0.4) is 0 Å². The van der Waals surface area contributed by atoms with Gasteiger partial charge in [0, 0.05) is 28.7 Å². The fourth-order valence-corrected chi connectivity index (χ4v) is 5.23. The van der Waals surface area contributed by atoms with E-state index in [1.54, 1.807) is 12.1 Å². The molecule has 2 aromatic rings. The van der Waals surface area contributed by atoms with E-state index < -0.39 is 9.84 Å². The highest BCUT2D eigenvalue weighted by atomic mass is 32.2. The van der Waals surface area contributed by atoms with Gasteiger partial charge in [-0.3, -0.25) is 9.59 Å². The normalized spacial score (nSPS) is 16.6. The second-order valence-electron chi connectivity index (χ2n) is 6.83. The van der Waals surface area contributed by atoms with Crippen LogP contribution in [0.15, 0.2) is 52.3 Å². The smallest absolute Gasteiger partial charge is 0.225 e. The summed E-state index contributed by atoms with van der Waals surface area (Å²) in [7, 11) is -3.65. The first-order chi connectivity index (χ1) is 13.2. The third-order valence-corrected chi connectivity index (χ3v) is 7.18. The Balaban J connectivity index is 1.69. The molecule has 1 atom stereocenters. The SMILES string of the molecule is Cc1cccc(NC(=O)CCS(=O)(=O)c2ccc3c(c2)NC(=O)C[C@@H](C)S3)c1. The second-order valence-corrected chi connectivity index (χ2v) is 10.4. The molecule has 1 aliphatic heterocycles. The number of benzene rings is 2. The Hall–Kier alpha value is -2.32. The van der Waals surface area contributed by atoms with Gasteiger partial charge < -0.3 is 10.6 Å². The largest absolute Gasteiger partial charge is 0.326 e. The number of thioether (sulfide) groups is 1. The zero-order valence-corrected chi connectivity index (χ0v) is 17.3. The van der Waals surface area contributed by atoms with Crippen molar-refractivity contribution >= 4 is 44.8 Å². The van der Waals surface area contributed by atoms with Crippen LogP contribution in [-0.4, -0.2) is 31.2 Å². The summed E-state index contributed by atoms with van der Waals surface area (Å²) in [6.07, 6.45) is 0.228. The van der Waals surface area contributed by atoms with Crippen LogP contribution in [0.2, 0.25) is 0 Å². The molecule has 148 valence electrons. The molecule has 0 spiro atoms. The summed E-state index contributed by atoms with van der Waals surface area (Å²) in [4.78, 5) is 25.0. The molecule has 2 aromatic carbocycles. The lowest BCUT2D eigenvalue weighted by atomic mass is 10.2. The molecule has 0 saturated carbocycles. The number of carbonyl (C=O) groups is 2. The van der Waals surface area contributed by atoms with Gasteiger partial charge in [-0.2, -0.15) is 0 Å². The molecular formula is C20H22N2O4S2. The maximum absolute atomic E-state index is 12.7. The zero-order chi connectivity index (χ0) is 20.3. The monoisotopic (exact) mass is 418 g/mol. The third-order valence-electron chi connectivity index (χ3n) is 4.28. The van der Waals surface area contributed by atoms with Crippen LogP contribution >= 0.6 is 11.8 Å². The van der Waals surface area contributed by atoms with Crippen molar-refractivity contribution in [1.82, 2.24) is 0 Å². The van der Waals surface area contributed by atoms with E-state index in [9.17, 15) is 18.0 Å². The molecule has 8 heteroatoms. The second kappa shape index (κ2) is 8.36. The summed E-state index contributed by atoms with van der Waals surface area (Å²) >= 11 is 1.53. The molecule has 3 rings (SSSR count). The van der Waals surface area contributed by atoms with Crippen molar-refractivity contribution in [3.8, 4) is 0 Å². The molecule has 0 aromatic heterocycles. The van der Waals surface area contributed by atoms with Gasteiger partial charge in [-0.05, 0) is 42.8 Å². The number of fused-ring (bicyclic) bond motifs is 1. The zero-order valence-electron chi connectivity index (χ0n) is 15.7. The Labute approximate surface area is 169 Å². The predicted octanol–water partition coefficient (Wildman–Crippen LogP) is 3.62. The number of carbonyl (C=O) groups excluding carboxylic acids is 2. The van der Waals surface area contributed by atoms with Crippen molar-refractivity contribution in [2.45, 2.75) is 41.7 Å². The minimum Gasteiger partial charge on any atom is -0.326 e. The molecule has 2 N–H and O–H groups in total. The fraction of sp³-hybridized carbons (Fsp3) is 0.300. The average Bonchev–Trinajstić information content (AvgIpc) is 2.75. The number of amides is 2. The Kier molecular flexibility index (Phi) is 6.10. The Morgan fingerprint density at radius 2 is 2.04 bits per heavy atom. The molecule has 0 saturated heterocycles. The van der Waals surface area contributed by atoms with Gasteiger partial charge in [-0.15, -0.1) is 11.8 Å². The lowest BCUT2D eigenvalue weighted by molar-refractivity contribution is -0.116. The van der Waals surface area contributed by atoms with Crippen molar-refractivity contribution in [2.75, 3.05) is 16.4 Å². The van der Waals surface area contributed by atoms with Crippen molar-refractivity contribution in [3.05, 3.63) is 48.0 Å². The number of anilines is 2. The molecule has 28 heavy (non-hydrogen) atoms. The van der Waals surface area contributed by atoms with Crippen molar-refractivity contribution in [1.29, 1.82) is 0 Å². The Morgan fingerprint density at radius 3 is 2.79 bits per heavy atom. The standard InChI is InChI=1S/C20H22N2O4S2/c1-13-4-3-5-15(10-13)21-19(23)8-9-28(25,26)16-6-7-18-17(12-16)22-20(24)11-14(2)27-18/h3-7,10,12,14H,8-9,11H2,1-2H3,(H,21,23)(H,22,24)/t14-/m1/s1. The molecule has 0 unspecified atom stereocenters. The molecule has 0 radical (unpaired) electrons. The first-order valence-corrected chi connectivity index (χ1v) is 11.5. The molecule has 6 nitrogen and oxygen atoms in total. The molecule has 0 fully saturated rings. The quantitative estimate of drug-likeness (QED) is 0.774. The first kappa shape index (κ1) is 20.4. The van der Waals surface area contributed by atoms with Gasteiger partial charge in [0.05, 0.1) is 16.3 Å². The van der Waals surface area contributed by atoms with Crippen LogP contribution in [-0.2, 0) is 19.4 Å². The molecule has 0 aliphatic carbocycles. The van der Waals surface area contributed by atoms with Gasteiger partial charge in [0.1, 0.15) is 0 Å². The first-order valence-electron chi connectivity index (χ1n) is 8.93. The van der Waals surface area contributed by atoms with Crippen LogP contribution in [0.4, 0.5) is 11.4 Å². The van der Waals surface area contributed by atoms with Crippen molar-refractivity contribution < 1.29 is 18.0 Å². The lowest BCUT2D eigenvalue weighted by Crippen LogP contribution is -2.18. The van der Waals surface area contributed by atoms with Crippen LogP contribution < -0.4 is 10.6 Å². The summed E-state index contributed by atoms with van der Waals surface area (Å²) < 4.78 is 25.3. The summed E-state index contributed by atoms with van der Waals surface area (Å²) in [5, 5.41) is 5.60. The van der Waals surface area contributed by atoms with E-state index in [0.29, 0.717) is 17.8 Å². The van der Waals surface area contributed by atoms with E-state index in [4.69, 9.17) is 0 Å². The van der Waals surface area contributed by atoms with E-state index in [1.807, 2.05) is 32.0 Å². The maximum atomic E-state index is 12.7. The molecule has 2 amide bonds. The number of rotatable bonds is 5. The topological polar surface area (TPSA) is 92.3 Å². The van der Waals surface area contributed by atoms with Gasteiger partial charge in [-0.25, -0.2) is 8.42 Å². The molecular weight excluding hydrogens is 396 g/mol. The van der Waals surface area contributed by atoms with Gasteiger partial charge in [0.15, 0.2) is 9.84 Å². The maximum Gasteiger partial charge on any atom is 0.225 e. The van der Waals surface area contributed by atoms with E-state index >= 15 is 0 Å². The Bertz CT molecular complexity index is 1020. The lowest BCUT2D eigenvalue weighted by Gasteiger charge is -2.11. The minimum atomic E-state index is -3.65. The van der Waals surface area contributed by atoms with E-state index in [1.165, 1.54) is 23.9 Å². The summed E-state index contributed by atoms with van der Waals surface area (Å²) in [5.74, 6) is -0.798. The van der Waals surface area contributed by atoms with Crippen LogP contribution in [0, 0.1) is 6.92 Å². The summed E-state index contributed by atoms with van der Waals surface area (Å²) in [6, 6.07) is 12.0. The average molecular weight is 419 g/mol. The number of hydrogen-bond acceptors (Lipinski definition) is 5. The van der Waals surface area contributed by atoms with E-state index in [2.05, 4.69) is 10.6 Å².